The summed E-state index contributed by atoms with van der Waals surface area (Å²) in [6.07, 6.45) is 1.74. The predicted molar refractivity (Wildman–Crippen MR) is 67.7 cm³/mol. The highest BCUT2D eigenvalue weighted by Gasteiger charge is 2.08. The molecule has 16 heavy (non-hydrogen) atoms. The van der Waals surface area contributed by atoms with Crippen molar-refractivity contribution in [2.24, 2.45) is 0 Å². The maximum Gasteiger partial charge on any atom is 0.123 e. The highest BCUT2D eigenvalue weighted by molar-refractivity contribution is 7.15. The topological polar surface area (TPSA) is 33.1 Å². The summed E-state index contributed by atoms with van der Waals surface area (Å²) in [7, 11) is 0. The molecule has 0 fully saturated rings. The van der Waals surface area contributed by atoms with Crippen molar-refractivity contribution in [3.05, 3.63) is 39.9 Å². The van der Waals surface area contributed by atoms with E-state index in [4.69, 9.17) is 5.11 Å². The normalized spacial score (nSPS) is 10.8. The van der Waals surface area contributed by atoms with E-state index in [0.29, 0.717) is 0 Å². The first-order valence-electron chi connectivity index (χ1n) is 5.25. The second-order valence-corrected chi connectivity index (χ2v) is 5.16. The molecule has 0 aliphatic rings. The molecule has 0 saturated heterocycles. The van der Waals surface area contributed by atoms with Crippen molar-refractivity contribution in [1.29, 1.82) is 0 Å². The van der Waals surface area contributed by atoms with Gasteiger partial charge >= 0.3 is 0 Å². The van der Waals surface area contributed by atoms with Gasteiger partial charge in [0.1, 0.15) is 5.01 Å². The van der Waals surface area contributed by atoms with E-state index in [1.165, 1.54) is 22.3 Å². The van der Waals surface area contributed by atoms with E-state index in [1.807, 2.05) is 0 Å². The predicted octanol–water partition coefficient (Wildman–Crippen LogP) is 3.23. The van der Waals surface area contributed by atoms with Gasteiger partial charge in [-0.15, -0.1) is 11.3 Å². The summed E-state index contributed by atoms with van der Waals surface area (Å²) < 4.78 is 0. The Labute approximate surface area is 99.6 Å². The Balaban J connectivity index is 2.51. The Hall–Kier alpha value is -1.19. The van der Waals surface area contributed by atoms with Gasteiger partial charge in [-0.2, -0.15) is 0 Å². The Kier molecular flexibility index (Phi) is 3.08. The zero-order chi connectivity index (χ0) is 11.7. The molecule has 0 aliphatic heterocycles. The Bertz CT molecular complexity index is 517. The van der Waals surface area contributed by atoms with Crippen molar-refractivity contribution in [2.75, 3.05) is 0 Å². The first-order chi connectivity index (χ1) is 7.61. The molecule has 0 aliphatic carbocycles. The Morgan fingerprint density at radius 2 is 1.81 bits per heavy atom. The maximum absolute atomic E-state index is 9.04. The second-order valence-electron chi connectivity index (χ2n) is 4.04. The summed E-state index contributed by atoms with van der Waals surface area (Å²) in [4.78, 5) is 5.26. The van der Waals surface area contributed by atoms with Crippen LogP contribution in [-0.2, 0) is 6.61 Å². The number of aliphatic hydroxyl groups is 1. The molecule has 1 aromatic heterocycles. The lowest BCUT2D eigenvalue weighted by Gasteiger charge is -2.07. The van der Waals surface area contributed by atoms with Crippen LogP contribution in [0, 0.1) is 20.8 Å². The molecule has 0 saturated carbocycles. The van der Waals surface area contributed by atoms with Gasteiger partial charge in [-0.3, -0.25) is 0 Å². The van der Waals surface area contributed by atoms with E-state index in [-0.39, 0.29) is 6.61 Å². The molecule has 1 N–H and O–H groups in total. The first-order valence-corrected chi connectivity index (χ1v) is 6.07. The average molecular weight is 233 g/mol. The number of hydrogen-bond acceptors (Lipinski definition) is 3. The van der Waals surface area contributed by atoms with E-state index in [9.17, 15) is 0 Å². The van der Waals surface area contributed by atoms with Crippen LogP contribution in [0.1, 0.15) is 21.6 Å². The summed E-state index contributed by atoms with van der Waals surface area (Å²) in [6, 6.07) is 4.36. The highest BCUT2D eigenvalue weighted by atomic mass is 32.1. The maximum atomic E-state index is 9.04. The smallest absolute Gasteiger partial charge is 0.123 e. The van der Waals surface area contributed by atoms with Crippen LogP contribution in [-0.4, -0.2) is 10.1 Å². The van der Waals surface area contributed by atoms with E-state index in [2.05, 4.69) is 37.9 Å². The summed E-state index contributed by atoms with van der Waals surface area (Å²) >= 11 is 1.55. The van der Waals surface area contributed by atoms with Gasteiger partial charge < -0.3 is 5.11 Å². The number of rotatable bonds is 2. The third kappa shape index (κ3) is 2.01. The van der Waals surface area contributed by atoms with Crippen LogP contribution in [0.25, 0.3) is 10.6 Å². The van der Waals surface area contributed by atoms with Gasteiger partial charge in [0.2, 0.25) is 0 Å². The molecule has 2 rings (SSSR count). The molecular weight excluding hydrogens is 218 g/mol. The van der Waals surface area contributed by atoms with Crippen LogP contribution < -0.4 is 0 Å². The lowest BCUT2D eigenvalue weighted by Crippen LogP contribution is -1.87. The SMILES string of the molecule is Cc1cc(C)c(-c2ncc(CO)s2)cc1C. The van der Waals surface area contributed by atoms with Gasteiger partial charge in [0, 0.05) is 11.8 Å². The molecule has 0 radical (unpaired) electrons. The fourth-order valence-corrected chi connectivity index (χ4v) is 2.55. The quantitative estimate of drug-likeness (QED) is 0.864. The van der Waals surface area contributed by atoms with Crippen molar-refractivity contribution < 1.29 is 5.11 Å². The number of benzene rings is 1. The molecule has 84 valence electrons. The summed E-state index contributed by atoms with van der Waals surface area (Å²) in [5.74, 6) is 0. The molecule has 0 amide bonds. The number of nitrogens with zero attached hydrogens (tertiary/aromatic N) is 1. The fourth-order valence-electron chi connectivity index (χ4n) is 1.70. The van der Waals surface area contributed by atoms with E-state index >= 15 is 0 Å². The van der Waals surface area contributed by atoms with Crippen molar-refractivity contribution in [2.45, 2.75) is 27.4 Å². The van der Waals surface area contributed by atoms with Crippen LogP contribution in [0.5, 0.6) is 0 Å². The van der Waals surface area contributed by atoms with Crippen LogP contribution in [0.2, 0.25) is 0 Å². The Morgan fingerprint density at radius 1 is 1.12 bits per heavy atom. The number of aryl methyl sites for hydroxylation is 3. The third-order valence-electron chi connectivity index (χ3n) is 2.78. The summed E-state index contributed by atoms with van der Waals surface area (Å²) in [5.41, 5.74) is 5.00. The molecule has 0 spiro atoms. The molecule has 0 unspecified atom stereocenters. The van der Waals surface area contributed by atoms with Gasteiger partial charge in [0.05, 0.1) is 11.5 Å². The largest absolute Gasteiger partial charge is 0.391 e. The standard InChI is InChI=1S/C13H15NOS/c1-8-4-10(3)12(5-9(8)2)13-14-6-11(7-15)16-13/h4-6,15H,7H2,1-3H3. The molecule has 0 atom stereocenters. The van der Waals surface area contributed by atoms with Gasteiger partial charge in [0.25, 0.3) is 0 Å². The van der Waals surface area contributed by atoms with Crippen molar-refractivity contribution in [1.82, 2.24) is 4.98 Å². The summed E-state index contributed by atoms with van der Waals surface area (Å²) in [5, 5.41) is 10.0. The lowest BCUT2D eigenvalue weighted by atomic mass is 10.0. The minimum atomic E-state index is 0.0710. The van der Waals surface area contributed by atoms with Crippen LogP contribution in [0.3, 0.4) is 0 Å². The third-order valence-corrected chi connectivity index (χ3v) is 3.80. The van der Waals surface area contributed by atoms with Gasteiger partial charge in [-0.25, -0.2) is 4.98 Å². The average Bonchev–Trinajstić information content (AvgIpc) is 2.71. The lowest BCUT2D eigenvalue weighted by molar-refractivity contribution is 0.285. The second kappa shape index (κ2) is 4.36. The minimum Gasteiger partial charge on any atom is -0.391 e. The van der Waals surface area contributed by atoms with Crippen LogP contribution >= 0.6 is 11.3 Å². The molecular formula is C13H15NOS. The molecule has 2 aromatic rings. The molecule has 1 aromatic carbocycles. The van der Waals surface area contributed by atoms with Gasteiger partial charge in [-0.05, 0) is 43.5 Å². The monoisotopic (exact) mass is 233 g/mol. The summed E-state index contributed by atoms with van der Waals surface area (Å²) in [6.45, 7) is 6.40. The van der Waals surface area contributed by atoms with E-state index in [1.54, 1.807) is 17.5 Å². The van der Waals surface area contributed by atoms with Crippen LogP contribution in [0.15, 0.2) is 18.3 Å². The molecule has 2 nitrogen and oxygen atoms in total. The highest BCUT2D eigenvalue weighted by Crippen LogP contribution is 2.29. The fraction of sp³-hybridized carbons (Fsp3) is 0.308. The number of hydrogen-bond donors (Lipinski definition) is 1. The van der Waals surface area contributed by atoms with E-state index in [0.717, 1.165) is 9.88 Å². The zero-order valence-corrected chi connectivity index (χ0v) is 10.6. The molecule has 3 heteroatoms. The van der Waals surface area contributed by atoms with E-state index < -0.39 is 0 Å². The van der Waals surface area contributed by atoms with Gasteiger partial charge in [-0.1, -0.05) is 6.07 Å². The molecule has 0 bridgehead atoms. The van der Waals surface area contributed by atoms with Crippen molar-refractivity contribution >= 4 is 11.3 Å². The first kappa shape index (κ1) is 11.3. The minimum absolute atomic E-state index is 0.0710. The van der Waals surface area contributed by atoms with Crippen molar-refractivity contribution in [3.8, 4) is 10.6 Å². The Morgan fingerprint density at radius 3 is 2.44 bits per heavy atom. The van der Waals surface area contributed by atoms with Crippen molar-refractivity contribution in [3.63, 3.8) is 0 Å². The van der Waals surface area contributed by atoms with Crippen LogP contribution in [0.4, 0.5) is 0 Å². The van der Waals surface area contributed by atoms with Gasteiger partial charge in [0.15, 0.2) is 0 Å². The number of aliphatic hydroxyl groups excluding tert-OH is 1. The zero-order valence-electron chi connectivity index (χ0n) is 9.74. The number of aromatic nitrogens is 1. The number of thiazole rings is 1. The molecule has 1 heterocycles.